The van der Waals surface area contributed by atoms with Crippen molar-refractivity contribution in [2.24, 2.45) is 0 Å². The zero-order valence-corrected chi connectivity index (χ0v) is 16.3. The van der Waals surface area contributed by atoms with Crippen molar-refractivity contribution < 1.29 is 4.79 Å². The van der Waals surface area contributed by atoms with Crippen LogP contribution >= 0.6 is 11.6 Å². The minimum atomic E-state index is -0.358. The van der Waals surface area contributed by atoms with E-state index in [2.05, 4.69) is 10.4 Å². The van der Waals surface area contributed by atoms with Crippen LogP contribution in [0.4, 0.5) is 0 Å². The first kappa shape index (κ1) is 18.9. The minimum absolute atomic E-state index is 0.211. The number of carbonyl (C=O) groups excluding carboxylic acids is 1. The standard InChI is InChI=1S/C23H18ClN3O2/c24-20-13-7-4-10-17(20)14-25-22(28)21-18-11-5-6-12-19(18)23(29)27(26-21)15-16-8-2-1-3-9-16/h1-13H,14-15H2,(H,25,28). The van der Waals surface area contributed by atoms with Crippen LogP contribution in [0.2, 0.25) is 5.02 Å². The fourth-order valence-electron chi connectivity index (χ4n) is 3.17. The average molecular weight is 404 g/mol. The van der Waals surface area contributed by atoms with Crippen molar-refractivity contribution in [3.63, 3.8) is 0 Å². The van der Waals surface area contributed by atoms with E-state index in [9.17, 15) is 9.59 Å². The van der Waals surface area contributed by atoms with Crippen LogP contribution in [0.1, 0.15) is 21.6 Å². The second kappa shape index (κ2) is 8.29. The van der Waals surface area contributed by atoms with Crippen LogP contribution in [0.15, 0.2) is 83.7 Å². The van der Waals surface area contributed by atoms with E-state index >= 15 is 0 Å². The molecule has 144 valence electrons. The van der Waals surface area contributed by atoms with E-state index in [4.69, 9.17) is 11.6 Å². The van der Waals surface area contributed by atoms with Crippen molar-refractivity contribution in [3.8, 4) is 0 Å². The molecule has 1 amide bonds. The highest BCUT2D eigenvalue weighted by Crippen LogP contribution is 2.16. The highest BCUT2D eigenvalue weighted by molar-refractivity contribution is 6.31. The summed E-state index contributed by atoms with van der Waals surface area (Å²) in [5.74, 6) is -0.358. The number of halogens is 1. The molecule has 4 aromatic rings. The second-order valence-corrected chi connectivity index (χ2v) is 7.02. The first-order chi connectivity index (χ1) is 14.1. The van der Waals surface area contributed by atoms with E-state index in [1.165, 1.54) is 4.68 Å². The zero-order chi connectivity index (χ0) is 20.2. The lowest BCUT2D eigenvalue weighted by Gasteiger charge is -2.12. The Labute approximate surface area is 172 Å². The normalized spacial score (nSPS) is 10.8. The van der Waals surface area contributed by atoms with Gasteiger partial charge in [-0.1, -0.05) is 78.3 Å². The number of nitrogens with zero attached hydrogens (tertiary/aromatic N) is 2. The molecule has 0 spiro atoms. The number of carbonyl (C=O) groups is 1. The van der Waals surface area contributed by atoms with Gasteiger partial charge in [0.1, 0.15) is 0 Å². The van der Waals surface area contributed by atoms with Crippen molar-refractivity contribution in [1.29, 1.82) is 0 Å². The first-order valence-corrected chi connectivity index (χ1v) is 9.56. The molecule has 5 nitrogen and oxygen atoms in total. The number of nitrogens with one attached hydrogen (secondary N) is 1. The molecule has 0 aliphatic carbocycles. The van der Waals surface area contributed by atoms with Crippen LogP contribution in [0, 0.1) is 0 Å². The van der Waals surface area contributed by atoms with Crippen LogP contribution < -0.4 is 10.9 Å². The van der Waals surface area contributed by atoms with Gasteiger partial charge in [0.05, 0.1) is 11.9 Å². The summed E-state index contributed by atoms with van der Waals surface area (Å²) in [7, 11) is 0. The summed E-state index contributed by atoms with van der Waals surface area (Å²) in [4.78, 5) is 25.8. The molecule has 0 radical (unpaired) electrons. The largest absolute Gasteiger partial charge is 0.346 e. The van der Waals surface area contributed by atoms with Gasteiger partial charge in [-0.25, -0.2) is 4.68 Å². The van der Waals surface area contributed by atoms with Gasteiger partial charge < -0.3 is 5.32 Å². The summed E-state index contributed by atoms with van der Waals surface area (Å²) in [6.45, 7) is 0.557. The Morgan fingerprint density at radius 3 is 2.31 bits per heavy atom. The lowest BCUT2D eigenvalue weighted by molar-refractivity contribution is 0.0945. The van der Waals surface area contributed by atoms with Crippen LogP contribution in [0.25, 0.3) is 10.8 Å². The van der Waals surface area contributed by atoms with E-state index < -0.39 is 0 Å². The molecule has 6 heteroatoms. The van der Waals surface area contributed by atoms with Gasteiger partial charge in [0.25, 0.3) is 11.5 Å². The number of amides is 1. The number of aromatic nitrogens is 2. The topological polar surface area (TPSA) is 64.0 Å². The Hall–Kier alpha value is -3.44. The second-order valence-electron chi connectivity index (χ2n) is 6.62. The van der Waals surface area contributed by atoms with Gasteiger partial charge in [0.2, 0.25) is 0 Å². The summed E-state index contributed by atoms with van der Waals surface area (Å²) < 4.78 is 1.34. The van der Waals surface area contributed by atoms with Gasteiger partial charge >= 0.3 is 0 Å². The third-order valence-electron chi connectivity index (χ3n) is 4.66. The lowest BCUT2D eigenvalue weighted by Crippen LogP contribution is -2.30. The smallest absolute Gasteiger partial charge is 0.274 e. The molecule has 0 aliphatic heterocycles. The number of fused-ring (bicyclic) bond motifs is 1. The van der Waals surface area contributed by atoms with Crippen LogP contribution in [-0.2, 0) is 13.1 Å². The van der Waals surface area contributed by atoms with Gasteiger partial charge in [-0.05, 0) is 23.3 Å². The molecule has 29 heavy (non-hydrogen) atoms. The Balaban J connectivity index is 1.71. The lowest BCUT2D eigenvalue weighted by atomic mass is 10.1. The molecule has 1 aromatic heterocycles. The maximum absolute atomic E-state index is 12.9. The van der Waals surface area contributed by atoms with Crippen LogP contribution in [0.5, 0.6) is 0 Å². The highest BCUT2D eigenvalue weighted by Gasteiger charge is 2.17. The van der Waals surface area contributed by atoms with Crippen molar-refractivity contribution >= 4 is 28.3 Å². The Kier molecular flexibility index (Phi) is 5.40. The third kappa shape index (κ3) is 4.05. The minimum Gasteiger partial charge on any atom is -0.346 e. The summed E-state index contributed by atoms with van der Waals surface area (Å²) in [5.41, 5.74) is 1.72. The number of benzene rings is 3. The van der Waals surface area contributed by atoms with E-state index in [0.29, 0.717) is 15.8 Å². The van der Waals surface area contributed by atoms with Crippen LogP contribution in [-0.4, -0.2) is 15.7 Å². The molecule has 0 fully saturated rings. The molecule has 1 N–H and O–H groups in total. The molecule has 0 aliphatic rings. The molecular weight excluding hydrogens is 386 g/mol. The van der Waals surface area contributed by atoms with Gasteiger partial charge in [-0.2, -0.15) is 5.10 Å². The SMILES string of the molecule is O=C(NCc1ccccc1Cl)c1nn(Cc2ccccc2)c(=O)c2ccccc12. The maximum atomic E-state index is 12.9. The summed E-state index contributed by atoms with van der Waals surface area (Å²) >= 11 is 6.17. The van der Waals surface area contributed by atoms with E-state index in [-0.39, 0.29) is 30.2 Å². The molecular formula is C23H18ClN3O2. The van der Waals surface area contributed by atoms with Crippen LogP contribution in [0.3, 0.4) is 0 Å². The number of hydrogen-bond acceptors (Lipinski definition) is 3. The van der Waals surface area contributed by atoms with E-state index in [1.54, 1.807) is 30.3 Å². The van der Waals surface area contributed by atoms with E-state index in [0.717, 1.165) is 11.1 Å². The third-order valence-corrected chi connectivity index (χ3v) is 5.02. The predicted molar refractivity (Wildman–Crippen MR) is 114 cm³/mol. The molecule has 0 bridgehead atoms. The fourth-order valence-corrected chi connectivity index (χ4v) is 3.37. The van der Waals surface area contributed by atoms with Gasteiger partial charge in [0.15, 0.2) is 5.69 Å². The zero-order valence-electron chi connectivity index (χ0n) is 15.5. The molecule has 1 heterocycles. The summed E-state index contributed by atoms with van der Waals surface area (Å²) in [6, 6.07) is 23.9. The molecule has 0 unspecified atom stereocenters. The predicted octanol–water partition coefficient (Wildman–Crippen LogP) is 4.03. The Morgan fingerprint density at radius 1 is 0.897 bits per heavy atom. The van der Waals surface area contributed by atoms with Crippen molar-refractivity contribution in [2.45, 2.75) is 13.1 Å². The number of hydrogen-bond donors (Lipinski definition) is 1. The molecule has 0 saturated heterocycles. The molecule has 3 aromatic carbocycles. The number of rotatable bonds is 5. The van der Waals surface area contributed by atoms with E-state index in [1.807, 2.05) is 48.5 Å². The summed E-state index contributed by atoms with van der Waals surface area (Å²) in [5, 5.41) is 8.82. The fraction of sp³-hybridized carbons (Fsp3) is 0.0870. The van der Waals surface area contributed by atoms with Gasteiger partial charge in [-0.3, -0.25) is 9.59 Å². The van der Waals surface area contributed by atoms with Gasteiger partial charge in [-0.15, -0.1) is 0 Å². The molecule has 0 atom stereocenters. The van der Waals surface area contributed by atoms with Crippen molar-refractivity contribution in [3.05, 3.63) is 111 Å². The maximum Gasteiger partial charge on any atom is 0.274 e. The average Bonchev–Trinajstić information content (AvgIpc) is 2.76. The molecule has 0 saturated carbocycles. The quantitative estimate of drug-likeness (QED) is 0.547. The molecule has 4 rings (SSSR count). The Bertz CT molecular complexity index is 1240. The summed E-state index contributed by atoms with van der Waals surface area (Å²) in [6.07, 6.45) is 0. The Morgan fingerprint density at radius 2 is 1.55 bits per heavy atom. The van der Waals surface area contributed by atoms with Crippen molar-refractivity contribution in [2.75, 3.05) is 0 Å². The van der Waals surface area contributed by atoms with Gasteiger partial charge in [0, 0.05) is 17.0 Å². The highest BCUT2D eigenvalue weighted by atomic mass is 35.5. The monoisotopic (exact) mass is 403 g/mol. The first-order valence-electron chi connectivity index (χ1n) is 9.19. The van der Waals surface area contributed by atoms with Crippen molar-refractivity contribution in [1.82, 2.24) is 15.1 Å².